The number of carbonyl (C=O) groups excluding carboxylic acids is 1. The van der Waals surface area contributed by atoms with Crippen LogP contribution in [0.25, 0.3) is 0 Å². The van der Waals surface area contributed by atoms with Crippen molar-refractivity contribution in [2.45, 2.75) is 45.7 Å². The van der Waals surface area contributed by atoms with Crippen molar-refractivity contribution in [3.05, 3.63) is 17.5 Å². The highest BCUT2D eigenvalue weighted by atomic mass is 16.5. The minimum Gasteiger partial charge on any atom is -0.381 e. The maximum absolute atomic E-state index is 12.7. The van der Waals surface area contributed by atoms with Gasteiger partial charge in [-0.05, 0) is 26.7 Å². The van der Waals surface area contributed by atoms with Crippen LogP contribution in [0.1, 0.15) is 43.9 Å². The molecular weight excluding hydrogens is 280 g/mol. The van der Waals surface area contributed by atoms with Crippen molar-refractivity contribution in [3.63, 3.8) is 0 Å². The van der Waals surface area contributed by atoms with Gasteiger partial charge in [-0.15, -0.1) is 0 Å². The molecule has 22 heavy (non-hydrogen) atoms. The van der Waals surface area contributed by atoms with Gasteiger partial charge in [0, 0.05) is 44.3 Å². The van der Waals surface area contributed by atoms with E-state index in [0.717, 1.165) is 39.0 Å². The average molecular weight is 306 g/mol. The summed E-state index contributed by atoms with van der Waals surface area (Å²) in [6, 6.07) is 0.175. The zero-order chi connectivity index (χ0) is 15.5. The quantitative estimate of drug-likeness (QED) is 0.855. The molecule has 0 radical (unpaired) electrons. The first kappa shape index (κ1) is 15.3. The van der Waals surface area contributed by atoms with Crippen molar-refractivity contribution >= 4 is 6.03 Å². The molecule has 6 heteroatoms. The Morgan fingerprint density at radius 1 is 1.32 bits per heavy atom. The summed E-state index contributed by atoms with van der Waals surface area (Å²) in [7, 11) is 0. The maximum atomic E-state index is 12.7. The van der Waals surface area contributed by atoms with Gasteiger partial charge in [-0.25, -0.2) is 4.79 Å². The highest BCUT2D eigenvalue weighted by Gasteiger charge is 2.33. The lowest BCUT2D eigenvalue weighted by Crippen LogP contribution is -2.46. The summed E-state index contributed by atoms with van der Waals surface area (Å²) in [6.45, 7) is 9.52. The van der Waals surface area contributed by atoms with Crippen molar-refractivity contribution in [2.24, 2.45) is 0 Å². The zero-order valence-corrected chi connectivity index (χ0v) is 13.6. The molecule has 0 aliphatic carbocycles. The maximum Gasteiger partial charge on any atom is 0.320 e. The lowest BCUT2D eigenvalue weighted by molar-refractivity contribution is 0.102. The predicted octanol–water partition coefficient (Wildman–Crippen LogP) is 2.05. The number of rotatable bonds is 4. The molecule has 0 unspecified atom stereocenters. The van der Waals surface area contributed by atoms with E-state index in [1.807, 2.05) is 22.9 Å². The van der Waals surface area contributed by atoms with Gasteiger partial charge in [-0.2, -0.15) is 5.10 Å². The smallest absolute Gasteiger partial charge is 0.320 e. The van der Waals surface area contributed by atoms with Crippen molar-refractivity contribution in [2.75, 3.05) is 32.8 Å². The van der Waals surface area contributed by atoms with Crippen molar-refractivity contribution < 1.29 is 9.53 Å². The van der Waals surface area contributed by atoms with Gasteiger partial charge in [0.15, 0.2) is 0 Å². The van der Waals surface area contributed by atoms with Crippen LogP contribution in [-0.4, -0.2) is 58.5 Å². The van der Waals surface area contributed by atoms with Crippen LogP contribution in [0.2, 0.25) is 0 Å². The van der Waals surface area contributed by atoms with Crippen LogP contribution < -0.4 is 0 Å². The summed E-state index contributed by atoms with van der Waals surface area (Å²) in [5.41, 5.74) is 2.42. The van der Waals surface area contributed by atoms with E-state index in [2.05, 4.69) is 16.7 Å². The minimum atomic E-state index is 0.175. The van der Waals surface area contributed by atoms with Crippen molar-refractivity contribution in [1.29, 1.82) is 0 Å². The average Bonchev–Trinajstić information content (AvgIpc) is 3.20. The van der Waals surface area contributed by atoms with Crippen LogP contribution >= 0.6 is 0 Å². The van der Waals surface area contributed by atoms with E-state index < -0.39 is 0 Å². The molecule has 3 heterocycles. The molecule has 1 saturated heterocycles. The number of amides is 2. The topological polar surface area (TPSA) is 50.6 Å². The molecule has 6 nitrogen and oxygen atoms in total. The second kappa shape index (κ2) is 6.69. The molecule has 1 aromatic heterocycles. The summed E-state index contributed by atoms with van der Waals surface area (Å²) >= 11 is 0. The zero-order valence-electron chi connectivity index (χ0n) is 13.6. The van der Waals surface area contributed by atoms with E-state index in [-0.39, 0.29) is 11.9 Å². The molecule has 3 rings (SSSR count). The number of hydrogen-bond donors (Lipinski definition) is 0. The summed E-state index contributed by atoms with van der Waals surface area (Å²) < 4.78 is 7.71. The first-order chi connectivity index (χ1) is 10.7. The van der Waals surface area contributed by atoms with Gasteiger partial charge in [0.05, 0.1) is 25.0 Å². The summed E-state index contributed by atoms with van der Waals surface area (Å²) in [4.78, 5) is 16.6. The predicted molar refractivity (Wildman–Crippen MR) is 83.7 cm³/mol. The Morgan fingerprint density at radius 3 is 2.77 bits per heavy atom. The fraction of sp³-hybridized carbons (Fsp3) is 0.750. The largest absolute Gasteiger partial charge is 0.381 e. The van der Waals surface area contributed by atoms with Gasteiger partial charge in [0.1, 0.15) is 0 Å². The van der Waals surface area contributed by atoms with Crippen LogP contribution in [0.15, 0.2) is 6.20 Å². The van der Waals surface area contributed by atoms with Crippen molar-refractivity contribution in [1.82, 2.24) is 19.6 Å². The first-order valence-electron chi connectivity index (χ1n) is 8.40. The van der Waals surface area contributed by atoms with E-state index in [4.69, 9.17) is 4.74 Å². The van der Waals surface area contributed by atoms with Crippen LogP contribution in [0, 0.1) is 0 Å². The van der Waals surface area contributed by atoms with Gasteiger partial charge in [-0.3, -0.25) is 4.68 Å². The number of hydrogen-bond acceptors (Lipinski definition) is 3. The molecule has 1 fully saturated rings. The number of aromatic nitrogens is 2. The minimum absolute atomic E-state index is 0.175. The molecule has 0 aromatic carbocycles. The monoisotopic (exact) mass is 306 g/mol. The Morgan fingerprint density at radius 2 is 2.09 bits per heavy atom. The third-order valence-electron chi connectivity index (χ3n) is 4.62. The number of nitrogens with zero attached hydrogens (tertiary/aromatic N) is 4. The number of ether oxygens (including phenoxy) is 1. The summed E-state index contributed by atoms with van der Waals surface area (Å²) in [5.74, 6) is 0.220. The molecule has 2 aliphatic heterocycles. The normalized spacial score (nSPS) is 21.3. The Bertz CT molecular complexity index is 522. The Balaban J connectivity index is 1.80. The van der Waals surface area contributed by atoms with Crippen molar-refractivity contribution in [3.8, 4) is 0 Å². The lowest BCUT2D eigenvalue weighted by Gasteiger charge is -2.35. The van der Waals surface area contributed by atoms with Gasteiger partial charge in [-0.1, -0.05) is 0 Å². The number of aryl methyl sites for hydroxylation is 1. The molecular formula is C16H26N4O2. The summed E-state index contributed by atoms with van der Waals surface area (Å²) in [6.07, 6.45) is 4.17. The molecule has 2 aliphatic rings. The van der Waals surface area contributed by atoms with E-state index in [9.17, 15) is 4.79 Å². The molecule has 122 valence electrons. The molecule has 0 N–H and O–H groups in total. The number of urea groups is 1. The van der Waals surface area contributed by atoms with E-state index in [0.29, 0.717) is 19.8 Å². The van der Waals surface area contributed by atoms with E-state index in [1.54, 1.807) is 0 Å². The van der Waals surface area contributed by atoms with Crippen LogP contribution in [0.5, 0.6) is 0 Å². The standard InChI is InChI=1S/C16H26N4O2/c1-3-20-15-13(9-17-20)10-19(11-14(15)12-22-4-2)16(21)18-7-5-6-8-18/h9,14H,3-8,10-12H2,1-2H3/t14-/m1/s1. The molecule has 1 aromatic rings. The molecule has 2 amide bonds. The number of fused-ring (bicyclic) bond motifs is 1. The molecule has 1 atom stereocenters. The number of carbonyl (C=O) groups is 1. The SMILES string of the molecule is CCOC[C@H]1CN(C(=O)N2CCCC2)Cc2cnn(CC)c21. The number of likely N-dealkylation sites (tertiary alicyclic amines) is 1. The van der Waals surface area contributed by atoms with Gasteiger partial charge >= 0.3 is 6.03 Å². The van der Waals surface area contributed by atoms with E-state index >= 15 is 0 Å². The fourth-order valence-corrected chi connectivity index (χ4v) is 3.55. The van der Waals surface area contributed by atoms with Crippen LogP contribution in [-0.2, 0) is 17.8 Å². The molecule has 0 saturated carbocycles. The molecule has 0 spiro atoms. The van der Waals surface area contributed by atoms with Crippen LogP contribution in [0.3, 0.4) is 0 Å². The Labute approximate surface area is 132 Å². The summed E-state index contributed by atoms with van der Waals surface area (Å²) in [5, 5.41) is 4.48. The van der Waals surface area contributed by atoms with Gasteiger partial charge < -0.3 is 14.5 Å². The van der Waals surface area contributed by atoms with Gasteiger partial charge in [0.2, 0.25) is 0 Å². The highest BCUT2D eigenvalue weighted by Crippen LogP contribution is 2.29. The Hall–Kier alpha value is -1.56. The Kier molecular flexibility index (Phi) is 4.66. The fourth-order valence-electron chi connectivity index (χ4n) is 3.55. The third-order valence-corrected chi connectivity index (χ3v) is 4.62. The van der Waals surface area contributed by atoms with E-state index in [1.165, 1.54) is 11.3 Å². The van der Waals surface area contributed by atoms with Gasteiger partial charge in [0.25, 0.3) is 0 Å². The lowest BCUT2D eigenvalue weighted by atomic mass is 9.97. The molecule has 0 bridgehead atoms. The second-order valence-corrected chi connectivity index (χ2v) is 6.08. The second-order valence-electron chi connectivity index (χ2n) is 6.08. The highest BCUT2D eigenvalue weighted by molar-refractivity contribution is 5.75. The van der Waals surface area contributed by atoms with Crippen LogP contribution in [0.4, 0.5) is 4.79 Å². The third kappa shape index (κ3) is 2.84. The first-order valence-corrected chi connectivity index (χ1v) is 8.40.